The first-order valence-corrected chi connectivity index (χ1v) is 9.40. The molecule has 0 spiro atoms. The number of para-hydroxylation sites is 1. The summed E-state index contributed by atoms with van der Waals surface area (Å²) in [6.45, 7) is 2.02. The summed E-state index contributed by atoms with van der Waals surface area (Å²) in [6, 6.07) is 8.08. The van der Waals surface area contributed by atoms with Gasteiger partial charge in [0.25, 0.3) is 0 Å². The van der Waals surface area contributed by atoms with E-state index in [4.69, 9.17) is 0 Å². The van der Waals surface area contributed by atoms with E-state index < -0.39 is 9.39 Å². The first kappa shape index (κ1) is 13.7. The fraction of sp³-hybridized carbons (Fsp3) is 0.438. The third-order valence-electron chi connectivity index (χ3n) is 4.43. The third kappa shape index (κ3) is 2.38. The molecule has 2 heterocycles. The molecule has 108 valence electrons. The number of fused-ring (bicyclic) bond motifs is 1. The molecule has 0 aromatic heterocycles. The summed E-state index contributed by atoms with van der Waals surface area (Å²) in [5.74, 6) is 9.02. The van der Waals surface area contributed by atoms with Crippen LogP contribution in [0.15, 0.2) is 24.3 Å². The molecule has 1 aromatic rings. The standard InChI is InChI=1S/C16H22N2OS/c1-20(2,3)18-10-8-12(9-11-18)15-13-6-4-5-7-14(13)17-16(15)19/h4-7,12,15H,1-2,8-11H2,3H3,(H,17,19). The van der Waals surface area contributed by atoms with Crippen molar-refractivity contribution >= 4 is 32.7 Å². The van der Waals surface area contributed by atoms with Gasteiger partial charge >= 0.3 is 0 Å². The smallest absolute Gasteiger partial charge is 0.232 e. The van der Waals surface area contributed by atoms with Gasteiger partial charge in [-0.15, -0.1) is 0 Å². The van der Waals surface area contributed by atoms with Crippen molar-refractivity contribution in [2.24, 2.45) is 5.92 Å². The second kappa shape index (κ2) is 4.93. The van der Waals surface area contributed by atoms with Crippen molar-refractivity contribution in [1.82, 2.24) is 4.31 Å². The zero-order valence-corrected chi connectivity index (χ0v) is 12.8. The highest BCUT2D eigenvalue weighted by Crippen LogP contribution is 2.42. The molecule has 1 amide bonds. The van der Waals surface area contributed by atoms with Crippen LogP contribution in [0, 0.1) is 5.92 Å². The average molecular weight is 290 g/mol. The average Bonchev–Trinajstić information content (AvgIpc) is 2.73. The molecule has 4 heteroatoms. The van der Waals surface area contributed by atoms with Gasteiger partial charge in [-0.25, -0.2) is 0 Å². The molecule has 1 aromatic carbocycles. The van der Waals surface area contributed by atoms with Gasteiger partial charge in [0, 0.05) is 18.8 Å². The molecule has 3 nitrogen and oxygen atoms in total. The van der Waals surface area contributed by atoms with E-state index in [2.05, 4.69) is 33.7 Å². The van der Waals surface area contributed by atoms with Gasteiger partial charge in [-0.1, -0.05) is 29.9 Å². The number of piperidine rings is 1. The summed E-state index contributed by atoms with van der Waals surface area (Å²) < 4.78 is 2.39. The van der Waals surface area contributed by atoms with Gasteiger partial charge in [0.15, 0.2) is 0 Å². The Bertz CT molecular complexity index is 628. The Morgan fingerprint density at radius 1 is 1.25 bits per heavy atom. The number of amides is 1. The van der Waals surface area contributed by atoms with Crippen LogP contribution in [0.25, 0.3) is 0 Å². The van der Waals surface area contributed by atoms with E-state index in [1.165, 1.54) is 5.56 Å². The molecule has 20 heavy (non-hydrogen) atoms. The minimum atomic E-state index is -1.11. The van der Waals surface area contributed by atoms with Crippen LogP contribution >= 0.6 is 9.39 Å². The van der Waals surface area contributed by atoms with Crippen LogP contribution in [0.1, 0.15) is 24.3 Å². The highest BCUT2D eigenvalue weighted by atomic mass is 32.2. The normalized spacial score (nSPS) is 24.4. The van der Waals surface area contributed by atoms with Crippen LogP contribution in [-0.4, -0.2) is 41.3 Å². The Morgan fingerprint density at radius 3 is 2.55 bits per heavy atom. The molecule has 3 rings (SSSR count). The second-order valence-electron chi connectivity index (χ2n) is 6.04. The predicted molar refractivity (Wildman–Crippen MR) is 89.9 cm³/mol. The van der Waals surface area contributed by atoms with Gasteiger partial charge in [-0.2, -0.15) is 9.39 Å². The van der Waals surface area contributed by atoms with E-state index in [-0.39, 0.29) is 11.8 Å². The zero-order chi connectivity index (χ0) is 14.3. The first-order valence-electron chi connectivity index (χ1n) is 7.06. The molecule has 1 atom stereocenters. The molecule has 0 saturated carbocycles. The molecular formula is C16H22N2OS. The second-order valence-corrected chi connectivity index (χ2v) is 9.00. The number of hydrogen-bond donors (Lipinski definition) is 1. The van der Waals surface area contributed by atoms with Crippen molar-refractivity contribution in [1.29, 1.82) is 0 Å². The zero-order valence-electron chi connectivity index (χ0n) is 12.0. The van der Waals surface area contributed by atoms with Crippen molar-refractivity contribution in [3.05, 3.63) is 29.8 Å². The summed E-state index contributed by atoms with van der Waals surface area (Å²) in [5, 5.41) is 3.01. The largest absolute Gasteiger partial charge is 0.325 e. The Kier molecular flexibility index (Phi) is 3.38. The van der Waals surface area contributed by atoms with E-state index in [1.54, 1.807) is 0 Å². The minimum Gasteiger partial charge on any atom is -0.325 e. The number of carbonyl (C=O) groups is 1. The van der Waals surface area contributed by atoms with Crippen LogP contribution in [0.5, 0.6) is 0 Å². The molecule has 0 bridgehead atoms. The maximum Gasteiger partial charge on any atom is 0.232 e. The highest BCUT2D eigenvalue weighted by Gasteiger charge is 2.38. The van der Waals surface area contributed by atoms with E-state index >= 15 is 0 Å². The van der Waals surface area contributed by atoms with Crippen molar-refractivity contribution in [3.8, 4) is 0 Å². The fourth-order valence-electron chi connectivity index (χ4n) is 3.35. The predicted octanol–water partition coefficient (Wildman–Crippen LogP) is 2.65. The number of hydrogen-bond acceptors (Lipinski definition) is 2. The molecule has 0 aliphatic carbocycles. The van der Waals surface area contributed by atoms with Crippen LogP contribution in [0.3, 0.4) is 0 Å². The SMILES string of the molecule is C=S(=C)(C)N1CCC(C2C(=O)Nc3ccccc32)CC1. The quantitative estimate of drug-likeness (QED) is 0.849. The Morgan fingerprint density at radius 2 is 1.90 bits per heavy atom. The van der Waals surface area contributed by atoms with Gasteiger partial charge in [0.2, 0.25) is 5.91 Å². The first-order chi connectivity index (χ1) is 9.47. The van der Waals surface area contributed by atoms with Crippen LogP contribution in [0.4, 0.5) is 5.69 Å². The van der Waals surface area contributed by atoms with Crippen molar-refractivity contribution in [3.63, 3.8) is 0 Å². The molecule has 1 fully saturated rings. The molecule has 2 aliphatic rings. The van der Waals surface area contributed by atoms with Crippen LogP contribution < -0.4 is 5.32 Å². The molecule has 0 radical (unpaired) electrons. The van der Waals surface area contributed by atoms with Gasteiger partial charge < -0.3 is 5.32 Å². The van der Waals surface area contributed by atoms with Gasteiger partial charge in [0.05, 0.1) is 5.92 Å². The van der Waals surface area contributed by atoms with E-state index in [9.17, 15) is 4.79 Å². The Labute approximate surface area is 121 Å². The van der Waals surface area contributed by atoms with Crippen molar-refractivity contribution in [2.75, 3.05) is 24.7 Å². The summed E-state index contributed by atoms with van der Waals surface area (Å²) in [7, 11) is -1.11. The number of rotatable bonds is 2. The molecular weight excluding hydrogens is 268 g/mol. The number of benzene rings is 1. The van der Waals surface area contributed by atoms with Gasteiger partial charge in [0.1, 0.15) is 0 Å². The van der Waals surface area contributed by atoms with Crippen molar-refractivity contribution in [2.45, 2.75) is 18.8 Å². The Balaban J connectivity index is 1.78. The summed E-state index contributed by atoms with van der Waals surface area (Å²) in [4.78, 5) is 12.3. The highest BCUT2D eigenvalue weighted by molar-refractivity contribution is 8.25. The van der Waals surface area contributed by atoms with E-state index in [0.717, 1.165) is 31.6 Å². The van der Waals surface area contributed by atoms with Crippen LogP contribution in [0.2, 0.25) is 0 Å². The van der Waals surface area contributed by atoms with E-state index in [1.807, 2.05) is 18.2 Å². The summed E-state index contributed by atoms with van der Waals surface area (Å²) >= 11 is 0. The number of anilines is 1. The molecule has 1 saturated heterocycles. The number of carbonyl (C=O) groups excluding carboxylic acids is 1. The lowest BCUT2D eigenvalue weighted by Crippen LogP contribution is -2.34. The summed E-state index contributed by atoms with van der Waals surface area (Å²) in [6.07, 6.45) is 4.24. The molecule has 1 unspecified atom stereocenters. The van der Waals surface area contributed by atoms with Crippen molar-refractivity contribution < 1.29 is 4.79 Å². The maximum atomic E-state index is 12.3. The Hall–Kier alpha value is -1.26. The lowest BCUT2D eigenvalue weighted by molar-refractivity contribution is -0.118. The van der Waals surface area contributed by atoms with Crippen LogP contribution in [-0.2, 0) is 4.79 Å². The lowest BCUT2D eigenvalue weighted by Gasteiger charge is -2.37. The molecule has 2 aliphatic heterocycles. The fourth-order valence-corrected chi connectivity index (χ4v) is 4.44. The van der Waals surface area contributed by atoms with Gasteiger partial charge in [-0.3, -0.25) is 9.10 Å². The molecule has 1 N–H and O–H groups in total. The maximum absolute atomic E-state index is 12.3. The number of nitrogens with one attached hydrogen (secondary N) is 1. The number of nitrogens with zero attached hydrogens (tertiary/aromatic N) is 1. The van der Waals surface area contributed by atoms with E-state index in [0.29, 0.717) is 5.92 Å². The summed E-state index contributed by atoms with van der Waals surface area (Å²) in [5.41, 5.74) is 2.17. The lowest BCUT2D eigenvalue weighted by atomic mass is 9.81. The van der Waals surface area contributed by atoms with Gasteiger partial charge in [-0.05, 0) is 36.6 Å². The topological polar surface area (TPSA) is 32.3 Å². The third-order valence-corrected chi connectivity index (χ3v) is 6.04. The minimum absolute atomic E-state index is 0.0317. The monoisotopic (exact) mass is 290 g/mol.